The topological polar surface area (TPSA) is 20.3 Å². The molecule has 2 aromatic carbocycles. The van der Waals surface area contributed by atoms with E-state index in [-0.39, 0.29) is 17.1 Å². The van der Waals surface area contributed by atoms with Gasteiger partial charge in [-0.05, 0) is 24.6 Å². The molecular weight excluding hydrogens is 285 g/mol. The number of rotatable bonds is 2. The van der Waals surface area contributed by atoms with Gasteiger partial charge in [0.2, 0.25) is 0 Å². The molecule has 108 valence electrons. The molecule has 1 unspecified atom stereocenters. The van der Waals surface area contributed by atoms with Crippen molar-refractivity contribution in [1.29, 1.82) is 0 Å². The summed E-state index contributed by atoms with van der Waals surface area (Å²) in [4.78, 5) is 14.5. The average Bonchev–Trinajstić information content (AvgIpc) is 2.97. The molecule has 0 aromatic heterocycles. The molecule has 0 N–H and O–H groups in total. The molecule has 2 aromatic rings. The monoisotopic (exact) mass is 301 g/mol. The summed E-state index contributed by atoms with van der Waals surface area (Å²) in [7, 11) is 0. The van der Waals surface area contributed by atoms with E-state index in [1.165, 1.54) is 6.07 Å². The van der Waals surface area contributed by atoms with Gasteiger partial charge in [-0.25, -0.2) is 4.39 Å². The first-order chi connectivity index (χ1) is 10.2. The Morgan fingerprint density at radius 1 is 1.19 bits per heavy atom. The standard InChI is InChI=1S/C17H16FNOS/c1-12-6-2-3-7-13(12)16(20)19-10-11-21-17(19)14-8-4-5-9-15(14)18/h2-9,17H,10-11H2,1H3. The molecule has 21 heavy (non-hydrogen) atoms. The van der Waals surface area contributed by atoms with E-state index >= 15 is 0 Å². The van der Waals surface area contributed by atoms with Crippen LogP contribution in [0.4, 0.5) is 4.39 Å². The van der Waals surface area contributed by atoms with Gasteiger partial charge in [0.25, 0.3) is 5.91 Å². The van der Waals surface area contributed by atoms with Crippen molar-refractivity contribution in [1.82, 2.24) is 4.90 Å². The Kier molecular flexibility index (Phi) is 3.97. The van der Waals surface area contributed by atoms with Crippen molar-refractivity contribution in [3.63, 3.8) is 0 Å². The zero-order valence-electron chi connectivity index (χ0n) is 11.8. The predicted octanol–water partition coefficient (Wildman–Crippen LogP) is 4.02. The lowest BCUT2D eigenvalue weighted by Gasteiger charge is -2.25. The van der Waals surface area contributed by atoms with Crippen LogP contribution in [0.15, 0.2) is 48.5 Å². The Morgan fingerprint density at radius 2 is 1.90 bits per heavy atom. The fraction of sp³-hybridized carbons (Fsp3) is 0.235. The van der Waals surface area contributed by atoms with Crippen molar-refractivity contribution >= 4 is 17.7 Å². The van der Waals surface area contributed by atoms with Gasteiger partial charge in [0.05, 0.1) is 0 Å². The van der Waals surface area contributed by atoms with E-state index in [0.29, 0.717) is 17.7 Å². The van der Waals surface area contributed by atoms with Crippen LogP contribution in [0.25, 0.3) is 0 Å². The van der Waals surface area contributed by atoms with E-state index in [0.717, 1.165) is 11.3 Å². The number of hydrogen-bond acceptors (Lipinski definition) is 2. The third-order valence-electron chi connectivity index (χ3n) is 3.70. The van der Waals surface area contributed by atoms with Gasteiger partial charge in [-0.15, -0.1) is 11.8 Å². The Bertz CT molecular complexity index is 673. The molecule has 1 aliphatic heterocycles. The summed E-state index contributed by atoms with van der Waals surface area (Å²) in [6.45, 7) is 2.57. The van der Waals surface area contributed by atoms with Crippen LogP contribution in [-0.4, -0.2) is 23.1 Å². The summed E-state index contributed by atoms with van der Waals surface area (Å²) in [5.74, 6) is 0.558. The van der Waals surface area contributed by atoms with Crippen LogP contribution >= 0.6 is 11.8 Å². The molecule has 1 fully saturated rings. The second kappa shape index (κ2) is 5.90. The van der Waals surface area contributed by atoms with Crippen molar-refractivity contribution in [2.24, 2.45) is 0 Å². The van der Waals surface area contributed by atoms with Crippen molar-refractivity contribution in [2.45, 2.75) is 12.3 Å². The number of benzene rings is 2. The highest BCUT2D eigenvalue weighted by Crippen LogP contribution is 2.39. The number of carbonyl (C=O) groups is 1. The molecule has 0 spiro atoms. The number of amides is 1. The molecule has 1 aliphatic rings. The Hall–Kier alpha value is -1.81. The maximum Gasteiger partial charge on any atom is 0.255 e. The Morgan fingerprint density at radius 3 is 2.67 bits per heavy atom. The van der Waals surface area contributed by atoms with Gasteiger partial charge in [0.15, 0.2) is 0 Å². The first kappa shape index (κ1) is 14.1. The quantitative estimate of drug-likeness (QED) is 0.835. The zero-order chi connectivity index (χ0) is 14.8. The van der Waals surface area contributed by atoms with Crippen LogP contribution < -0.4 is 0 Å². The van der Waals surface area contributed by atoms with Crippen LogP contribution in [-0.2, 0) is 0 Å². The maximum absolute atomic E-state index is 14.0. The van der Waals surface area contributed by atoms with Gasteiger partial charge in [-0.3, -0.25) is 4.79 Å². The molecule has 0 aliphatic carbocycles. The second-order valence-electron chi connectivity index (χ2n) is 5.06. The van der Waals surface area contributed by atoms with E-state index in [9.17, 15) is 9.18 Å². The minimum atomic E-state index is -0.250. The van der Waals surface area contributed by atoms with Gasteiger partial charge in [0.1, 0.15) is 11.2 Å². The lowest BCUT2D eigenvalue weighted by molar-refractivity contribution is 0.0758. The summed E-state index contributed by atoms with van der Waals surface area (Å²) in [5, 5.41) is -0.238. The average molecular weight is 301 g/mol. The second-order valence-corrected chi connectivity index (χ2v) is 6.25. The molecule has 1 amide bonds. The molecule has 1 atom stereocenters. The first-order valence-corrected chi connectivity index (χ1v) is 7.96. The summed E-state index contributed by atoms with van der Waals surface area (Å²) >= 11 is 1.61. The normalized spacial score (nSPS) is 18.0. The van der Waals surface area contributed by atoms with Crippen LogP contribution in [0.2, 0.25) is 0 Å². The third kappa shape index (κ3) is 2.68. The van der Waals surface area contributed by atoms with Gasteiger partial charge in [0, 0.05) is 23.4 Å². The highest BCUT2D eigenvalue weighted by molar-refractivity contribution is 7.99. The molecule has 1 heterocycles. The van der Waals surface area contributed by atoms with Crippen molar-refractivity contribution in [3.05, 3.63) is 71.0 Å². The summed E-state index contributed by atoms with van der Waals surface area (Å²) in [6.07, 6.45) is 0. The lowest BCUT2D eigenvalue weighted by Crippen LogP contribution is -2.31. The number of halogens is 1. The summed E-state index contributed by atoms with van der Waals surface area (Å²) < 4.78 is 14.0. The van der Waals surface area contributed by atoms with Crippen molar-refractivity contribution in [3.8, 4) is 0 Å². The Balaban J connectivity index is 1.93. The molecule has 0 radical (unpaired) electrons. The van der Waals surface area contributed by atoms with Gasteiger partial charge >= 0.3 is 0 Å². The molecular formula is C17H16FNOS. The van der Waals surface area contributed by atoms with Crippen LogP contribution in [0.3, 0.4) is 0 Å². The highest BCUT2D eigenvalue weighted by atomic mass is 32.2. The number of hydrogen-bond donors (Lipinski definition) is 0. The number of nitrogens with zero attached hydrogens (tertiary/aromatic N) is 1. The number of carbonyl (C=O) groups excluding carboxylic acids is 1. The minimum absolute atomic E-state index is 0.0219. The smallest absolute Gasteiger partial charge is 0.255 e. The minimum Gasteiger partial charge on any atom is -0.322 e. The molecule has 1 saturated heterocycles. The van der Waals surface area contributed by atoms with E-state index in [1.807, 2.05) is 37.3 Å². The van der Waals surface area contributed by atoms with Crippen LogP contribution in [0.1, 0.15) is 26.9 Å². The molecule has 0 saturated carbocycles. The lowest BCUT2D eigenvalue weighted by atomic mass is 10.1. The fourth-order valence-corrected chi connectivity index (χ4v) is 3.86. The van der Waals surface area contributed by atoms with E-state index in [4.69, 9.17) is 0 Å². The summed E-state index contributed by atoms with van der Waals surface area (Å²) in [5.41, 5.74) is 2.23. The van der Waals surface area contributed by atoms with E-state index in [1.54, 1.807) is 28.8 Å². The van der Waals surface area contributed by atoms with Crippen molar-refractivity contribution < 1.29 is 9.18 Å². The molecule has 0 bridgehead atoms. The third-order valence-corrected chi connectivity index (χ3v) is 4.94. The number of thioether (sulfide) groups is 1. The SMILES string of the molecule is Cc1ccccc1C(=O)N1CCSC1c1ccccc1F. The van der Waals surface area contributed by atoms with Crippen molar-refractivity contribution in [2.75, 3.05) is 12.3 Å². The van der Waals surface area contributed by atoms with E-state index in [2.05, 4.69) is 0 Å². The number of aryl methyl sites for hydroxylation is 1. The predicted molar refractivity (Wildman–Crippen MR) is 83.8 cm³/mol. The summed E-state index contributed by atoms with van der Waals surface area (Å²) in [6, 6.07) is 14.2. The van der Waals surface area contributed by atoms with Crippen LogP contribution in [0.5, 0.6) is 0 Å². The van der Waals surface area contributed by atoms with Crippen LogP contribution in [0, 0.1) is 12.7 Å². The first-order valence-electron chi connectivity index (χ1n) is 6.91. The molecule has 3 rings (SSSR count). The highest BCUT2D eigenvalue weighted by Gasteiger charge is 2.33. The molecule has 2 nitrogen and oxygen atoms in total. The van der Waals surface area contributed by atoms with E-state index < -0.39 is 0 Å². The van der Waals surface area contributed by atoms with Gasteiger partial charge in [-0.1, -0.05) is 36.4 Å². The fourth-order valence-electron chi connectivity index (χ4n) is 2.58. The molecule has 4 heteroatoms. The van der Waals surface area contributed by atoms with Gasteiger partial charge in [-0.2, -0.15) is 0 Å². The van der Waals surface area contributed by atoms with Gasteiger partial charge < -0.3 is 4.90 Å². The zero-order valence-corrected chi connectivity index (χ0v) is 12.6. The maximum atomic E-state index is 14.0. The Labute approximate surface area is 128 Å². The largest absolute Gasteiger partial charge is 0.322 e.